The van der Waals surface area contributed by atoms with Crippen LogP contribution < -0.4 is 5.73 Å². The second kappa shape index (κ2) is 4.97. The number of hydrogen-bond donors (Lipinski definition) is 2. The molecule has 0 heterocycles. The number of aliphatic carboxylic acids is 1. The van der Waals surface area contributed by atoms with Crippen LogP contribution in [0.1, 0.15) is 17.9 Å². The third-order valence-corrected chi connectivity index (χ3v) is 2.97. The molecule has 17 heavy (non-hydrogen) atoms. The van der Waals surface area contributed by atoms with Crippen LogP contribution in [0.3, 0.4) is 0 Å². The minimum absolute atomic E-state index is 0.0739. The molecule has 88 valence electrons. The summed E-state index contributed by atoms with van der Waals surface area (Å²) in [6.07, 6.45) is 0.0739. The van der Waals surface area contributed by atoms with E-state index in [0.717, 1.165) is 16.3 Å². The van der Waals surface area contributed by atoms with Gasteiger partial charge in [0, 0.05) is 5.92 Å². The van der Waals surface area contributed by atoms with Crippen molar-refractivity contribution in [2.24, 2.45) is 5.73 Å². The van der Waals surface area contributed by atoms with E-state index in [1.54, 1.807) is 0 Å². The molecule has 2 aromatic carbocycles. The lowest BCUT2D eigenvalue weighted by Gasteiger charge is -2.15. The van der Waals surface area contributed by atoms with Crippen molar-refractivity contribution in [1.82, 2.24) is 0 Å². The van der Waals surface area contributed by atoms with Crippen LogP contribution in [-0.4, -0.2) is 17.6 Å². The summed E-state index contributed by atoms with van der Waals surface area (Å²) in [5, 5.41) is 11.1. The molecule has 0 fully saturated rings. The van der Waals surface area contributed by atoms with Gasteiger partial charge in [0.2, 0.25) is 0 Å². The second-order valence-corrected chi connectivity index (χ2v) is 4.10. The first-order valence-electron chi connectivity index (χ1n) is 5.62. The number of nitrogens with two attached hydrogens (primary N) is 1. The molecule has 2 aromatic rings. The predicted octanol–water partition coefficient (Wildman–Crippen LogP) is 2.36. The predicted molar refractivity (Wildman–Crippen MR) is 68.0 cm³/mol. The van der Waals surface area contributed by atoms with Crippen LogP contribution in [0.15, 0.2) is 42.5 Å². The number of carbonyl (C=O) groups is 1. The van der Waals surface area contributed by atoms with Gasteiger partial charge in [-0.3, -0.25) is 4.79 Å². The Bertz CT molecular complexity index is 531. The average Bonchev–Trinajstić information content (AvgIpc) is 2.35. The fourth-order valence-corrected chi connectivity index (χ4v) is 2.14. The molecule has 2 rings (SSSR count). The molecule has 0 aliphatic carbocycles. The zero-order valence-electron chi connectivity index (χ0n) is 9.47. The Kier molecular flexibility index (Phi) is 3.40. The fraction of sp³-hybridized carbons (Fsp3) is 0.214. The summed E-state index contributed by atoms with van der Waals surface area (Å²) in [5.74, 6) is -0.938. The average molecular weight is 229 g/mol. The lowest BCUT2D eigenvalue weighted by molar-refractivity contribution is -0.137. The highest BCUT2D eigenvalue weighted by Crippen LogP contribution is 2.27. The van der Waals surface area contributed by atoms with E-state index in [4.69, 9.17) is 10.8 Å². The normalized spacial score (nSPS) is 12.5. The first kappa shape index (κ1) is 11.6. The molecule has 0 saturated carbocycles. The SMILES string of the molecule is NC[C@@H](CC(=O)O)c1cccc2ccccc12. The van der Waals surface area contributed by atoms with E-state index >= 15 is 0 Å². The summed E-state index contributed by atoms with van der Waals surface area (Å²) < 4.78 is 0. The number of rotatable bonds is 4. The largest absolute Gasteiger partial charge is 0.481 e. The maximum atomic E-state index is 10.8. The molecule has 3 heteroatoms. The van der Waals surface area contributed by atoms with Crippen LogP contribution in [-0.2, 0) is 4.79 Å². The summed E-state index contributed by atoms with van der Waals surface area (Å²) in [4.78, 5) is 10.8. The third-order valence-electron chi connectivity index (χ3n) is 2.97. The van der Waals surface area contributed by atoms with Gasteiger partial charge < -0.3 is 10.8 Å². The van der Waals surface area contributed by atoms with Gasteiger partial charge in [-0.15, -0.1) is 0 Å². The Labute approximate surface area is 99.9 Å². The van der Waals surface area contributed by atoms with Crippen molar-refractivity contribution in [3.8, 4) is 0 Å². The summed E-state index contributed by atoms with van der Waals surface area (Å²) in [5.41, 5.74) is 6.70. The van der Waals surface area contributed by atoms with Gasteiger partial charge in [0.25, 0.3) is 0 Å². The quantitative estimate of drug-likeness (QED) is 0.845. The van der Waals surface area contributed by atoms with Crippen molar-refractivity contribution in [2.45, 2.75) is 12.3 Å². The molecule has 0 radical (unpaired) electrons. The van der Waals surface area contributed by atoms with E-state index in [1.165, 1.54) is 0 Å². The number of benzene rings is 2. The first-order valence-corrected chi connectivity index (χ1v) is 5.62. The van der Waals surface area contributed by atoms with Crippen LogP contribution in [0.5, 0.6) is 0 Å². The Hall–Kier alpha value is -1.87. The van der Waals surface area contributed by atoms with Gasteiger partial charge in [0.05, 0.1) is 6.42 Å². The minimum Gasteiger partial charge on any atom is -0.481 e. The van der Waals surface area contributed by atoms with Crippen LogP contribution in [0.25, 0.3) is 10.8 Å². The number of fused-ring (bicyclic) bond motifs is 1. The zero-order valence-corrected chi connectivity index (χ0v) is 9.47. The first-order chi connectivity index (χ1) is 8.22. The molecule has 3 N–H and O–H groups in total. The highest BCUT2D eigenvalue weighted by molar-refractivity contribution is 5.86. The van der Waals surface area contributed by atoms with Crippen LogP contribution in [0.4, 0.5) is 0 Å². The van der Waals surface area contributed by atoms with E-state index in [0.29, 0.717) is 6.54 Å². The monoisotopic (exact) mass is 229 g/mol. The highest BCUT2D eigenvalue weighted by Gasteiger charge is 2.15. The summed E-state index contributed by atoms with van der Waals surface area (Å²) in [7, 11) is 0. The van der Waals surface area contributed by atoms with Crippen molar-refractivity contribution in [2.75, 3.05) is 6.54 Å². The van der Waals surface area contributed by atoms with Crippen molar-refractivity contribution in [1.29, 1.82) is 0 Å². The van der Waals surface area contributed by atoms with Crippen molar-refractivity contribution in [3.63, 3.8) is 0 Å². The van der Waals surface area contributed by atoms with E-state index < -0.39 is 5.97 Å². The second-order valence-electron chi connectivity index (χ2n) is 4.10. The molecular weight excluding hydrogens is 214 g/mol. The molecule has 0 aromatic heterocycles. The van der Waals surface area contributed by atoms with E-state index in [2.05, 4.69) is 0 Å². The van der Waals surface area contributed by atoms with Crippen LogP contribution >= 0.6 is 0 Å². The Morgan fingerprint density at radius 3 is 2.59 bits per heavy atom. The molecule has 3 nitrogen and oxygen atoms in total. The Morgan fingerprint density at radius 2 is 1.88 bits per heavy atom. The van der Waals surface area contributed by atoms with Gasteiger partial charge >= 0.3 is 5.97 Å². The standard InChI is InChI=1S/C14H15NO2/c15-9-11(8-14(16)17)13-7-3-5-10-4-1-2-6-12(10)13/h1-7,11H,8-9,15H2,(H,16,17)/t11-/m1/s1. The zero-order chi connectivity index (χ0) is 12.3. The number of carboxylic acid groups (broad SMARTS) is 1. The van der Waals surface area contributed by atoms with Gasteiger partial charge in [-0.05, 0) is 22.9 Å². The topological polar surface area (TPSA) is 63.3 Å². The molecule has 0 aliphatic rings. The Balaban J connectivity index is 2.49. The molecule has 0 aliphatic heterocycles. The van der Waals surface area contributed by atoms with Gasteiger partial charge in [-0.25, -0.2) is 0 Å². The molecule has 1 atom stereocenters. The van der Waals surface area contributed by atoms with Gasteiger partial charge in [-0.1, -0.05) is 42.5 Å². The number of carboxylic acids is 1. The molecule has 0 amide bonds. The maximum absolute atomic E-state index is 10.8. The minimum atomic E-state index is -0.812. The smallest absolute Gasteiger partial charge is 0.304 e. The Morgan fingerprint density at radius 1 is 1.18 bits per heavy atom. The summed E-state index contributed by atoms with van der Waals surface area (Å²) >= 11 is 0. The van der Waals surface area contributed by atoms with Crippen LogP contribution in [0.2, 0.25) is 0 Å². The fourth-order valence-electron chi connectivity index (χ4n) is 2.14. The lowest BCUT2D eigenvalue weighted by atomic mass is 9.91. The van der Waals surface area contributed by atoms with Gasteiger partial charge in [-0.2, -0.15) is 0 Å². The highest BCUT2D eigenvalue weighted by atomic mass is 16.4. The van der Waals surface area contributed by atoms with E-state index in [9.17, 15) is 4.79 Å². The van der Waals surface area contributed by atoms with Crippen molar-refractivity contribution < 1.29 is 9.90 Å². The molecule has 0 bridgehead atoms. The van der Waals surface area contributed by atoms with Crippen molar-refractivity contribution in [3.05, 3.63) is 48.0 Å². The van der Waals surface area contributed by atoms with E-state index in [-0.39, 0.29) is 12.3 Å². The molecular formula is C14H15NO2. The summed E-state index contributed by atoms with van der Waals surface area (Å²) in [6, 6.07) is 13.9. The van der Waals surface area contributed by atoms with Gasteiger partial charge in [0.15, 0.2) is 0 Å². The van der Waals surface area contributed by atoms with Gasteiger partial charge in [0.1, 0.15) is 0 Å². The lowest BCUT2D eigenvalue weighted by Crippen LogP contribution is -2.16. The van der Waals surface area contributed by atoms with Crippen molar-refractivity contribution >= 4 is 16.7 Å². The molecule has 0 unspecified atom stereocenters. The maximum Gasteiger partial charge on any atom is 0.304 e. The summed E-state index contributed by atoms with van der Waals surface area (Å²) in [6.45, 7) is 0.348. The third kappa shape index (κ3) is 2.45. The molecule has 0 saturated heterocycles. The molecule has 0 spiro atoms. The van der Waals surface area contributed by atoms with E-state index in [1.807, 2.05) is 42.5 Å². The number of hydrogen-bond acceptors (Lipinski definition) is 2. The van der Waals surface area contributed by atoms with Crippen LogP contribution in [0, 0.1) is 0 Å².